The second-order valence-electron chi connectivity index (χ2n) is 3.92. The lowest BCUT2D eigenvalue weighted by Crippen LogP contribution is -2.09. The molecule has 1 amide bonds. The molecule has 0 unspecified atom stereocenters. The summed E-state index contributed by atoms with van der Waals surface area (Å²) in [7, 11) is 0. The highest BCUT2D eigenvalue weighted by molar-refractivity contribution is 6.32. The fourth-order valence-corrected chi connectivity index (χ4v) is 1.83. The van der Waals surface area contributed by atoms with Gasteiger partial charge in [-0.1, -0.05) is 17.7 Å². The van der Waals surface area contributed by atoms with E-state index >= 15 is 0 Å². The molecule has 6 heteroatoms. The summed E-state index contributed by atoms with van der Waals surface area (Å²) in [5, 5.41) is 13.9. The minimum Gasteiger partial charge on any atom is -0.389 e. The molecular weight excluding hydrogens is 254 g/mol. The van der Waals surface area contributed by atoms with Gasteiger partial charge in [-0.2, -0.15) is 5.10 Å². The summed E-state index contributed by atoms with van der Waals surface area (Å²) >= 11 is 6.11. The summed E-state index contributed by atoms with van der Waals surface area (Å²) in [6.07, 6.45) is 2.29. The molecule has 2 aromatic rings. The molecule has 0 aliphatic rings. The van der Waals surface area contributed by atoms with E-state index in [0.29, 0.717) is 21.8 Å². The molecule has 0 bridgehead atoms. The van der Waals surface area contributed by atoms with E-state index < -0.39 is 12.0 Å². The third-order valence-electron chi connectivity index (χ3n) is 2.57. The normalized spacial score (nSPS) is 12.4. The van der Waals surface area contributed by atoms with Gasteiger partial charge >= 0.3 is 0 Å². The van der Waals surface area contributed by atoms with Crippen LogP contribution < -0.4 is 5.73 Å². The molecule has 3 N–H and O–H groups in total. The summed E-state index contributed by atoms with van der Waals surface area (Å²) < 4.78 is 1.47. The number of hydrogen-bond donors (Lipinski definition) is 2. The second kappa shape index (κ2) is 4.80. The standard InChI is InChI=1S/C12H12ClN3O2/c1-7(17)8-2-3-11(10(13)4-8)16-6-9(5-15-16)12(14)18/h2-7,17H,1H3,(H2,14,18)/t7-/m0/s1. The van der Waals surface area contributed by atoms with Gasteiger partial charge in [-0.3, -0.25) is 4.79 Å². The summed E-state index contributed by atoms with van der Waals surface area (Å²) in [6, 6.07) is 5.13. The lowest BCUT2D eigenvalue weighted by Gasteiger charge is -2.08. The van der Waals surface area contributed by atoms with Crippen molar-refractivity contribution in [1.82, 2.24) is 9.78 Å². The smallest absolute Gasteiger partial charge is 0.251 e. The predicted molar refractivity (Wildman–Crippen MR) is 67.7 cm³/mol. The van der Waals surface area contributed by atoms with E-state index in [1.807, 2.05) is 0 Å². The monoisotopic (exact) mass is 265 g/mol. The number of aromatic nitrogens is 2. The highest BCUT2D eigenvalue weighted by atomic mass is 35.5. The number of primary amides is 1. The molecule has 94 valence electrons. The number of aliphatic hydroxyl groups is 1. The number of hydrogen-bond acceptors (Lipinski definition) is 3. The molecule has 0 radical (unpaired) electrons. The van der Waals surface area contributed by atoms with Crippen molar-refractivity contribution >= 4 is 17.5 Å². The van der Waals surface area contributed by atoms with E-state index in [4.69, 9.17) is 17.3 Å². The second-order valence-corrected chi connectivity index (χ2v) is 4.33. The number of nitrogens with two attached hydrogens (primary N) is 1. The van der Waals surface area contributed by atoms with Gasteiger partial charge in [-0.05, 0) is 24.6 Å². The lowest BCUT2D eigenvalue weighted by molar-refractivity contribution is 0.100. The first-order valence-corrected chi connectivity index (χ1v) is 5.69. The Kier molecular flexibility index (Phi) is 3.36. The zero-order valence-electron chi connectivity index (χ0n) is 9.67. The van der Waals surface area contributed by atoms with Crippen molar-refractivity contribution in [3.05, 3.63) is 46.7 Å². The minimum atomic E-state index is -0.588. The highest BCUT2D eigenvalue weighted by Crippen LogP contribution is 2.24. The van der Waals surface area contributed by atoms with Crippen LogP contribution in [0.2, 0.25) is 5.02 Å². The van der Waals surface area contributed by atoms with Crippen molar-refractivity contribution in [2.45, 2.75) is 13.0 Å². The Morgan fingerprint density at radius 1 is 1.56 bits per heavy atom. The summed E-state index contributed by atoms with van der Waals surface area (Å²) in [6.45, 7) is 1.66. The SMILES string of the molecule is C[C@H](O)c1ccc(-n2cc(C(N)=O)cn2)c(Cl)c1. The number of halogens is 1. The van der Waals surface area contributed by atoms with E-state index in [1.165, 1.54) is 17.1 Å². The van der Waals surface area contributed by atoms with Gasteiger partial charge in [-0.15, -0.1) is 0 Å². The van der Waals surface area contributed by atoms with E-state index in [1.54, 1.807) is 25.1 Å². The van der Waals surface area contributed by atoms with Gasteiger partial charge in [0.2, 0.25) is 0 Å². The van der Waals surface area contributed by atoms with Crippen LogP contribution in [-0.2, 0) is 0 Å². The van der Waals surface area contributed by atoms with Crippen LogP contribution in [-0.4, -0.2) is 20.8 Å². The van der Waals surface area contributed by atoms with Gasteiger partial charge in [0.1, 0.15) is 0 Å². The number of amides is 1. The van der Waals surface area contributed by atoms with Crippen LogP contribution in [0.4, 0.5) is 0 Å². The quantitative estimate of drug-likeness (QED) is 0.886. The first kappa shape index (κ1) is 12.6. The summed E-state index contributed by atoms with van der Waals surface area (Å²) in [5.41, 5.74) is 6.79. The van der Waals surface area contributed by atoms with Gasteiger partial charge in [0.05, 0.1) is 28.6 Å². The van der Waals surface area contributed by atoms with Gasteiger partial charge in [0.25, 0.3) is 5.91 Å². The minimum absolute atomic E-state index is 0.311. The maximum Gasteiger partial charge on any atom is 0.251 e. The van der Waals surface area contributed by atoms with Crippen LogP contribution in [0.5, 0.6) is 0 Å². The first-order valence-electron chi connectivity index (χ1n) is 5.31. The van der Waals surface area contributed by atoms with Crippen molar-refractivity contribution in [2.24, 2.45) is 5.73 Å². The molecule has 0 spiro atoms. The lowest BCUT2D eigenvalue weighted by atomic mass is 10.1. The zero-order chi connectivity index (χ0) is 13.3. The van der Waals surface area contributed by atoms with Crippen molar-refractivity contribution < 1.29 is 9.90 Å². The molecule has 0 saturated heterocycles. The van der Waals surface area contributed by atoms with Crippen molar-refractivity contribution in [3.63, 3.8) is 0 Å². The number of aliphatic hydroxyl groups excluding tert-OH is 1. The van der Waals surface area contributed by atoms with Gasteiger partial charge in [-0.25, -0.2) is 4.68 Å². The Hall–Kier alpha value is -1.85. The van der Waals surface area contributed by atoms with Crippen LogP contribution in [0, 0.1) is 0 Å². The molecule has 1 heterocycles. The first-order chi connectivity index (χ1) is 8.49. The fourth-order valence-electron chi connectivity index (χ4n) is 1.55. The Morgan fingerprint density at radius 3 is 2.78 bits per heavy atom. The molecule has 0 fully saturated rings. The third-order valence-corrected chi connectivity index (χ3v) is 2.87. The maximum absolute atomic E-state index is 11.0. The van der Waals surface area contributed by atoms with Crippen LogP contribution in [0.1, 0.15) is 28.9 Å². The maximum atomic E-state index is 11.0. The average Bonchev–Trinajstić information content (AvgIpc) is 2.78. The number of benzene rings is 1. The van der Waals surface area contributed by atoms with Crippen LogP contribution in [0.3, 0.4) is 0 Å². The van der Waals surface area contributed by atoms with Gasteiger partial charge < -0.3 is 10.8 Å². The number of rotatable bonds is 3. The number of carbonyl (C=O) groups is 1. The molecule has 2 rings (SSSR count). The van der Waals surface area contributed by atoms with Crippen LogP contribution in [0.25, 0.3) is 5.69 Å². The highest BCUT2D eigenvalue weighted by Gasteiger charge is 2.10. The Morgan fingerprint density at radius 2 is 2.28 bits per heavy atom. The molecule has 1 aromatic carbocycles. The Balaban J connectivity index is 2.41. The Bertz CT molecular complexity index is 593. The molecule has 0 saturated carbocycles. The largest absolute Gasteiger partial charge is 0.389 e. The molecule has 18 heavy (non-hydrogen) atoms. The summed E-state index contributed by atoms with van der Waals surface area (Å²) in [5.74, 6) is -0.544. The molecule has 1 aromatic heterocycles. The van der Waals surface area contributed by atoms with E-state index in [2.05, 4.69) is 5.10 Å². The van der Waals surface area contributed by atoms with E-state index in [0.717, 1.165) is 0 Å². The predicted octanol–water partition coefficient (Wildman–Crippen LogP) is 1.68. The molecule has 5 nitrogen and oxygen atoms in total. The number of carbonyl (C=O) groups excluding carboxylic acids is 1. The van der Waals surface area contributed by atoms with Gasteiger partial charge in [0, 0.05) is 6.20 Å². The molecular formula is C12H12ClN3O2. The van der Waals surface area contributed by atoms with E-state index in [9.17, 15) is 9.90 Å². The fraction of sp³-hybridized carbons (Fsp3) is 0.167. The van der Waals surface area contributed by atoms with Crippen LogP contribution in [0.15, 0.2) is 30.6 Å². The van der Waals surface area contributed by atoms with Crippen LogP contribution >= 0.6 is 11.6 Å². The van der Waals surface area contributed by atoms with E-state index in [-0.39, 0.29) is 0 Å². The number of nitrogens with zero attached hydrogens (tertiary/aromatic N) is 2. The third kappa shape index (κ3) is 2.37. The van der Waals surface area contributed by atoms with Crippen molar-refractivity contribution in [1.29, 1.82) is 0 Å². The molecule has 1 atom stereocenters. The topological polar surface area (TPSA) is 81.1 Å². The van der Waals surface area contributed by atoms with Gasteiger partial charge in [0.15, 0.2) is 0 Å². The average molecular weight is 266 g/mol. The molecule has 0 aliphatic heterocycles. The zero-order valence-corrected chi connectivity index (χ0v) is 10.4. The molecule has 0 aliphatic carbocycles. The van der Waals surface area contributed by atoms with Crippen molar-refractivity contribution in [3.8, 4) is 5.69 Å². The Labute approximate surface area is 109 Å². The summed E-state index contributed by atoms with van der Waals surface area (Å²) in [4.78, 5) is 11.0. The van der Waals surface area contributed by atoms with Crippen molar-refractivity contribution in [2.75, 3.05) is 0 Å².